The fraction of sp³-hybridized carbons (Fsp3) is 0.579. The van der Waals surface area contributed by atoms with Crippen molar-refractivity contribution in [1.29, 1.82) is 0 Å². The van der Waals surface area contributed by atoms with Crippen molar-refractivity contribution in [3.8, 4) is 0 Å². The summed E-state index contributed by atoms with van der Waals surface area (Å²) < 4.78 is 0. The SMILES string of the molecule is Cc1nc(CN2CCN(C(=O)C3CCCN(C(=O)c4cccs4)C3)CC2)n[nH]1. The van der Waals surface area contributed by atoms with Gasteiger partial charge in [0.1, 0.15) is 5.82 Å². The second kappa shape index (κ2) is 8.40. The van der Waals surface area contributed by atoms with Gasteiger partial charge in [-0.25, -0.2) is 4.98 Å². The van der Waals surface area contributed by atoms with E-state index < -0.39 is 0 Å². The molecule has 2 aromatic rings. The van der Waals surface area contributed by atoms with E-state index in [-0.39, 0.29) is 17.7 Å². The molecule has 1 unspecified atom stereocenters. The number of piperazine rings is 1. The Bertz CT molecular complexity index is 812. The van der Waals surface area contributed by atoms with Crippen molar-refractivity contribution >= 4 is 23.2 Å². The largest absolute Gasteiger partial charge is 0.340 e. The second-order valence-electron chi connectivity index (χ2n) is 7.51. The van der Waals surface area contributed by atoms with Crippen LogP contribution in [-0.4, -0.2) is 81.0 Å². The number of nitrogens with one attached hydrogen (secondary N) is 1. The fourth-order valence-electron chi connectivity index (χ4n) is 3.96. The van der Waals surface area contributed by atoms with Crippen molar-refractivity contribution < 1.29 is 9.59 Å². The highest BCUT2D eigenvalue weighted by Crippen LogP contribution is 2.23. The van der Waals surface area contributed by atoms with Gasteiger partial charge in [0.05, 0.1) is 17.3 Å². The Morgan fingerprint density at radius 2 is 2.04 bits per heavy atom. The fourth-order valence-corrected chi connectivity index (χ4v) is 4.65. The molecular formula is C19H26N6O2S. The Hall–Kier alpha value is -2.26. The molecule has 2 fully saturated rings. The van der Waals surface area contributed by atoms with Crippen molar-refractivity contribution in [2.75, 3.05) is 39.3 Å². The summed E-state index contributed by atoms with van der Waals surface area (Å²) in [6, 6.07) is 3.75. The van der Waals surface area contributed by atoms with Crippen LogP contribution in [0.2, 0.25) is 0 Å². The van der Waals surface area contributed by atoms with Crippen molar-refractivity contribution in [3.05, 3.63) is 34.0 Å². The number of nitrogens with zero attached hydrogens (tertiary/aromatic N) is 5. The van der Waals surface area contributed by atoms with E-state index in [1.807, 2.05) is 34.2 Å². The Morgan fingerprint density at radius 3 is 2.71 bits per heavy atom. The predicted molar refractivity (Wildman–Crippen MR) is 106 cm³/mol. The molecule has 2 aliphatic rings. The Kier molecular flexibility index (Phi) is 5.72. The highest BCUT2D eigenvalue weighted by Gasteiger charge is 2.33. The first-order valence-electron chi connectivity index (χ1n) is 9.82. The van der Waals surface area contributed by atoms with Gasteiger partial charge in [-0.1, -0.05) is 6.07 Å². The maximum atomic E-state index is 13.0. The molecule has 0 aromatic carbocycles. The zero-order valence-electron chi connectivity index (χ0n) is 16.1. The van der Waals surface area contributed by atoms with Crippen LogP contribution in [0.25, 0.3) is 0 Å². The molecule has 2 amide bonds. The van der Waals surface area contributed by atoms with Crippen LogP contribution in [0.1, 0.15) is 34.2 Å². The highest BCUT2D eigenvalue weighted by atomic mass is 32.1. The second-order valence-corrected chi connectivity index (χ2v) is 8.45. The first-order valence-corrected chi connectivity index (χ1v) is 10.7. The number of aromatic amines is 1. The molecule has 2 aromatic heterocycles. The number of hydrogen-bond donors (Lipinski definition) is 1. The van der Waals surface area contributed by atoms with Crippen LogP contribution in [-0.2, 0) is 11.3 Å². The maximum Gasteiger partial charge on any atom is 0.263 e. The van der Waals surface area contributed by atoms with Gasteiger partial charge in [-0.2, -0.15) is 5.10 Å². The summed E-state index contributed by atoms with van der Waals surface area (Å²) in [5, 5.41) is 8.97. The van der Waals surface area contributed by atoms with E-state index in [9.17, 15) is 9.59 Å². The van der Waals surface area contributed by atoms with Gasteiger partial charge in [0, 0.05) is 39.3 Å². The lowest BCUT2D eigenvalue weighted by atomic mass is 9.96. The number of piperidine rings is 1. The molecule has 1 atom stereocenters. The summed E-state index contributed by atoms with van der Waals surface area (Å²) in [5.41, 5.74) is 0. The van der Waals surface area contributed by atoms with Gasteiger partial charge in [-0.3, -0.25) is 19.6 Å². The Morgan fingerprint density at radius 1 is 1.21 bits per heavy atom. The molecule has 9 heteroatoms. The summed E-state index contributed by atoms with van der Waals surface area (Å²) in [4.78, 5) is 36.8. The molecule has 0 bridgehead atoms. The van der Waals surface area contributed by atoms with Gasteiger partial charge < -0.3 is 9.80 Å². The normalized spacial score (nSPS) is 21.1. The van der Waals surface area contributed by atoms with E-state index in [0.717, 1.165) is 62.1 Å². The van der Waals surface area contributed by atoms with Gasteiger partial charge >= 0.3 is 0 Å². The minimum atomic E-state index is -0.0835. The third-order valence-electron chi connectivity index (χ3n) is 5.48. The zero-order valence-corrected chi connectivity index (χ0v) is 17.0. The number of aromatic nitrogens is 3. The number of carbonyl (C=O) groups excluding carboxylic acids is 2. The molecule has 0 aliphatic carbocycles. The zero-order chi connectivity index (χ0) is 19.5. The maximum absolute atomic E-state index is 13.0. The minimum absolute atomic E-state index is 0.0547. The lowest BCUT2D eigenvalue weighted by Crippen LogP contribution is -2.52. The Labute approximate surface area is 168 Å². The quantitative estimate of drug-likeness (QED) is 0.835. The van der Waals surface area contributed by atoms with E-state index in [1.165, 1.54) is 11.3 Å². The van der Waals surface area contributed by atoms with Gasteiger partial charge in [0.2, 0.25) is 5.91 Å². The molecule has 4 heterocycles. The smallest absolute Gasteiger partial charge is 0.263 e. The molecule has 0 spiro atoms. The molecule has 1 N–H and O–H groups in total. The summed E-state index contributed by atoms with van der Waals surface area (Å²) in [6.45, 7) is 6.96. The number of H-pyrrole nitrogens is 1. The van der Waals surface area contributed by atoms with Crippen LogP contribution in [0.15, 0.2) is 17.5 Å². The van der Waals surface area contributed by atoms with Crippen molar-refractivity contribution in [2.24, 2.45) is 5.92 Å². The molecule has 8 nitrogen and oxygen atoms in total. The molecule has 28 heavy (non-hydrogen) atoms. The summed E-state index contributed by atoms with van der Waals surface area (Å²) in [5.74, 6) is 1.78. The molecular weight excluding hydrogens is 376 g/mol. The van der Waals surface area contributed by atoms with Crippen LogP contribution >= 0.6 is 11.3 Å². The van der Waals surface area contributed by atoms with Crippen LogP contribution in [0, 0.1) is 12.8 Å². The molecule has 2 saturated heterocycles. The van der Waals surface area contributed by atoms with Gasteiger partial charge in [-0.05, 0) is 31.2 Å². The monoisotopic (exact) mass is 402 g/mol. The highest BCUT2D eigenvalue weighted by molar-refractivity contribution is 7.12. The lowest BCUT2D eigenvalue weighted by molar-refractivity contribution is -0.138. The van der Waals surface area contributed by atoms with Crippen LogP contribution in [0.5, 0.6) is 0 Å². The first kappa shape index (κ1) is 19.1. The van der Waals surface area contributed by atoms with Gasteiger partial charge in [0.15, 0.2) is 5.82 Å². The number of amides is 2. The number of hydrogen-bond acceptors (Lipinski definition) is 6. The molecule has 4 rings (SSSR count). The van der Waals surface area contributed by atoms with E-state index >= 15 is 0 Å². The number of likely N-dealkylation sites (tertiary alicyclic amines) is 1. The lowest BCUT2D eigenvalue weighted by Gasteiger charge is -2.38. The molecule has 0 saturated carbocycles. The average molecular weight is 403 g/mol. The van der Waals surface area contributed by atoms with Crippen LogP contribution in [0.4, 0.5) is 0 Å². The van der Waals surface area contributed by atoms with Crippen LogP contribution < -0.4 is 0 Å². The van der Waals surface area contributed by atoms with Crippen molar-refractivity contribution in [3.63, 3.8) is 0 Å². The topological polar surface area (TPSA) is 85.4 Å². The van der Waals surface area contributed by atoms with Crippen molar-refractivity contribution in [1.82, 2.24) is 29.9 Å². The molecule has 2 aliphatic heterocycles. The van der Waals surface area contributed by atoms with E-state index in [1.54, 1.807) is 0 Å². The molecule has 0 radical (unpaired) electrons. The summed E-state index contributed by atoms with van der Waals surface area (Å²) >= 11 is 1.46. The Balaban J connectivity index is 1.29. The number of aryl methyl sites for hydroxylation is 1. The van der Waals surface area contributed by atoms with Gasteiger partial charge in [0.25, 0.3) is 5.91 Å². The molecule has 150 valence electrons. The van der Waals surface area contributed by atoms with E-state index in [0.29, 0.717) is 13.1 Å². The number of carbonyl (C=O) groups is 2. The number of rotatable bonds is 4. The van der Waals surface area contributed by atoms with Crippen molar-refractivity contribution in [2.45, 2.75) is 26.3 Å². The number of thiophene rings is 1. The van der Waals surface area contributed by atoms with E-state index in [2.05, 4.69) is 20.1 Å². The standard InChI is InChI=1S/C19H26N6O2S/c1-14-20-17(22-21-14)13-23-7-9-24(10-8-23)18(26)15-4-2-6-25(12-15)19(27)16-5-3-11-28-16/h3,5,11,15H,2,4,6-10,12-13H2,1H3,(H,20,21,22). The van der Waals surface area contributed by atoms with E-state index in [4.69, 9.17) is 0 Å². The average Bonchev–Trinajstić information content (AvgIpc) is 3.40. The van der Waals surface area contributed by atoms with Crippen LogP contribution in [0.3, 0.4) is 0 Å². The van der Waals surface area contributed by atoms with Gasteiger partial charge in [-0.15, -0.1) is 11.3 Å². The summed E-state index contributed by atoms with van der Waals surface area (Å²) in [7, 11) is 0. The first-order chi connectivity index (χ1) is 13.6. The predicted octanol–water partition coefficient (Wildman–Crippen LogP) is 1.37. The summed E-state index contributed by atoms with van der Waals surface area (Å²) in [6.07, 6.45) is 1.75. The minimum Gasteiger partial charge on any atom is -0.340 e. The third-order valence-corrected chi connectivity index (χ3v) is 6.34. The third kappa shape index (κ3) is 4.25.